The zero-order chi connectivity index (χ0) is 12.5. The molecule has 1 aliphatic rings. The Bertz CT molecular complexity index is 649. The molecule has 0 aliphatic carbocycles. The van der Waals surface area contributed by atoms with E-state index in [0.29, 0.717) is 29.9 Å². The summed E-state index contributed by atoms with van der Waals surface area (Å²) in [5, 5.41) is 0. The van der Waals surface area contributed by atoms with E-state index in [2.05, 4.69) is 9.97 Å². The molecule has 1 aromatic carbocycles. The van der Waals surface area contributed by atoms with Crippen molar-refractivity contribution in [3.63, 3.8) is 0 Å². The Labute approximate surface area is 103 Å². The second kappa shape index (κ2) is 4.10. The molecule has 5 nitrogen and oxygen atoms in total. The summed E-state index contributed by atoms with van der Waals surface area (Å²) in [6.07, 6.45) is 1.37. The monoisotopic (exact) mass is 241 g/mol. The van der Waals surface area contributed by atoms with Gasteiger partial charge in [-0.3, -0.25) is 9.59 Å². The number of rotatable bonds is 1. The van der Waals surface area contributed by atoms with Gasteiger partial charge in [-0.2, -0.15) is 0 Å². The predicted octanol–water partition coefficient (Wildman–Crippen LogP) is 0.926. The molecule has 0 radical (unpaired) electrons. The van der Waals surface area contributed by atoms with Gasteiger partial charge in [-0.15, -0.1) is 0 Å². The van der Waals surface area contributed by atoms with Crippen LogP contribution in [-0.2, 0) is 13.1 Å². The SMILES string of the molecule is O=C(c1ccccc1)N1Cc2nc[nH]c(=O)c2C1. The lowest BCUT2D eigenvalue weighted by molar-refractivity contribution is 0.0750. The molecule has 2 heterocycles. The fourth-order valence-electron chi connectivity index (χ4n) is 2.10. The summed E-state index contributed by atoms with van der Waals surface area (Å²) in [7, 11) is 0. The minimum Gasteiger partial charge on any atom is -0.328 e. The molecule has 1 aromatic heterocycles. The van der Waals surface area contributed by atoms with Crippen molar-refractivity contribution in [3.05, 3.63) is 63.8 Å². The lowest BCUT2D eigenvalue weighted by Gasteiger charge is -2.14. The summed E-state index contributed by atoms with van der Waals surface area (Å²) in [6, 6.07) is 9.04. The number of aromatic nitrogens is 2. The largest absolute Gasteiger partial charge is 0.328 e. The molecule has 1 amide bonds. The molecule has 0 unspecified atom stereocenters. The van der Waals surface area contributed by atoms with Crippen LogP contribution >= 0.6 is 0 Å². The van der Waals surface area contributed by atoms with E-state index in [0.717, 1.165) is 0 Å². The van der Waals surface area contributed by atoms with Crippen LogP contribution in [0.4, 0.5) is 0 Å². The maximum absolute atomic E-state index is 12.2. The Morgan fingerprint density at radius 3 is 2.72 bits per heavy atom. The van der Waals surface area contributed by atoms with E-state index in [1.165, 1.54) is 6.33 Å². The first-order valence-electron chi connectivity index (χ1n) is 5.65. The quantitative estimate of drug-likeness (QED) is 0.807. The Morgan fingerprint density at radius 1 is 1.22 bits per heavy atom. The molecule has 18 heavy (non-hydrogen) atoms. The van der Waals surface area contributed by atoms with Crippen LogP contribution in [0.3, 0.4) is 0 Å². The predicted molar refractivity (Wildman–Crippen MR) is 64.9 cm³/mol. The summed E-state index contributed by atoms with van der Waals surface area (Å²) in [5.74, 6) is -0.0759. The molecule has 3 rings (SSSR count). The third-order valence-electron chi connectivity index (χ3n) is 3.04. The molecular formula is C13H11N3O2. The molecule has 0 saturated carbocycles. The van der Waals surface area contributed by atoms with Crippen molar-refractivity contribution >= 4 is 5.91 Å². The van der Waals surface area contributed by atoms with Crippen LogP contribution in [-0.4, -0.2) is 20.8 Å². The molecular weight excluding hydrogens is 230 g/mol. The maximum Gasteiger partial charge on any atom is 0.256 e. The lowest BCUT2D eigenvalue weighted by Crippen LogP contribution is -2.26. The highest BCUT2D eigenvalue weighted by molar-refractivity contribution is 5.94. The Balaban J connectivity index is 1.89. The van der Waals surface area contributed by atoms with Crippen molar-refractivity contribution in [2.75, 3.05) is 0 Å². The normalized spacial score (nSPS) is 13.4. The van der Waals surface area contributed by atoms with Crippen LogP contribution in [0.2, 0.25) is 0 Å². The molecule has 0 fully saturated rings. The van der Waals surface area contributed by atoms with Crippen LogP contribution in [0.1, 0.15) is 21.6 Å². The lowest BCUT2D eigenvalue weighted by atomic mass is 10.2. The third kappa shape index (κ3) is 1.69. The van der Waals surface area contributed by atoms with Gasteiger partial charge in [-0.25, -0.2) is 4.98 Å². The average Bonchev–Trinajstić information content (AvgIpc) is 2.84. The van der Waals surface area contributed by atoms with Gasteiger partial charge in [0.25, 0.3) is 11.5 Å². The first kappa shape index (κ1) is 10.7. The van der Waals surface area contributed by atoms with Crippen LogP contribution < -0.4 is 5.56 Å². The van der Waals surface area contributed by atoms with E-state index in [1.54, 1.807) is 17.0 Å². The minimum atomic E-state index is -0.164. The van der Waals surface area contributed by atoms with Gasteiger partial charge < -0.3 is 9.88 Å². The van der Waals surface area contributed by atoms with Crippen LogP contribution in [0.5, 0.6) is 0 Å². The molecule has 0 spiro atoms. The van der Waals surface area contributed by atoms with Gasteiger partial charge in [-0.1, -0.05) is 18.2 Å². The fourth-order valence-corrected chi connectivity index (χ4v) is 2.10. The van der Waals surface area contributed by atoms with Crippen LogP contribution in [0, 0.1) is 0 Å². The van der Waals surface area contributed by atoms with Crippen molar-refractivity contribution < 1.29 is 4.79 Å². The number of nitrogens with one attached hydrogen (secondary N) is 1. The van der Waals surface area contributed by atoms with E-state index in [4.69, 9.17) is 0 Å². The summed E-state index contributed by atoms with van der Waals surface area (Å²) >= 11 is 0. The molecule has 2 aromatic rings. The first-order valence-corrected chi connectivity index (χ1v) is 5.65. The number of hydrogen-bond donors (Lipinski definition) is 1. The number of benzene rings is 1. The minimum absolute atomic E-state index is 0.0759. The zero-order valence-corrected chi connectivity index (χ0v) is 9.59. The van der Waals surface area contributed by atoms with Gasteiger partial charge in [-0.05, 0) is 12.1 Å². The number of amides is 1. The van der Waals surface area contributed by atoms with E-state index < -0.39 is 0 Å². The highest BCUT2D eigenvalue weighted by Crippen LogP contribution is 2.19. The molecule has 1 aliphatic heterocycles. The van der Waals surface area contributed by atoms with E-state index in [1.807, 2.05) is 18.2 Å². The highest BCUT2D eigenvalue weighted by atomic mass is 16.2. The smallest absolute Gasteiger partial charge is 0.256 e. The van der Waals surface area contributed by atoms with E-state index in [9.17, 15) is 9.59 Å². The van der Waals surface area contributed by atoms with Gasteiger partial charge in [0.05, 0.1) is 30.7 Å². The first-order chi connectivity index (χ1) is 8.75. The summed E-state index contributed by atoms with van der Waals surface area (Å²) in [6.45, 7) is 0.721. The molecule has 90 valence electrons. The number of carbonyl (C=O) groups is 1. The standard InChI is InChI=1S/C13H11N3O2/c17-12-10-6-16(7-11(10)14-8-15-12)13(18)9-4-2-1-3-5-9/h1-5,8H,6-7H2,(H,14,15,17). The summed E-state index contributed by atoms with van der Waals surface area (Å²) < 4.78 is 0. The number of aromatic amines is 1. The zero-order valence-electron chi connectivity index (χ0n) is 9.59. The second-order valence-corrected chi connectivity index (χ2v) is 4.18. The van der Waals surface area contributed by atoms with Gasteiger partial charge in [0.15, 0.2) is 0 Å². The average molecular weight is 241 g/mol. The van der Waals surface area contributed by atoms with Crippen molar-refractivity contribution in [1.29, 1.82) is 0 Å². The van der Waals surface area contributed by atoms with E-state index >= 15 is 0 Å². The summed E-state index contributed by atoms with van der Waals surface area (Å²) in [5.41, 5.74) is 1.73. The van der Waals surface area contributed by atoms with Crippen molar-refractivity contribution in [1.82, 2.24) is 14.9 Å². The van der Waals surface area contributed by atoms with Crippen molar-refractivity contribution in [2.24, 2.45) is 0 Å². The molecule has 0 atom stereocenters. The molecule has 5 heteroatoms. The Kier molecular flexibility index (Phi) is 2.44. The number of H-pyrrole nitrogens is 1. The van der Waals surface area contributed by atoms with Crippen LogP contribution in [0.15, 0.2) is 41.5 Å². The molecule has 0 bridgehead atoms. The van der Waals surface area contributed by atoms with Crippen LogP contribution in [0.25, 0.3) is 0 Å². The molecule has 1 N–H and O–H groups in total. The van der Waals surface area contributed by atoms with Crippen molar-refractivity contribution in [3.8, 4) is 0 Å². The topological polar surface area (TPSA) is 66.1 Å². The maximum atomic E-state index is 12.2. The van der Waals surface area contributed by atoms with Gasteiger partial charge >= 0.3 is 0 Å². The third-order valence-corrected chi connectivity index (χ3v) is 3.04. The van der Waals surface area contributed by atoms with E-state index in [-0.39, 0.29) is 11.5 Å². The van der Waals surface area contributed by atoms with Gasteiger partial charge in [0, 0.05) is 5.56 Å². The Hall–Kier alpha value is -2.43. The Morgan fingerprint density at radius 2 is 2.00 bits per heavy atom. The highest BCUT2D eigenvalue weighted by Gasteiger charge is 2.27. The number of fused-ring (bicyclic) bond motifs is 1. The van der Waals surface area contributed by atoms with Gasteiger partial charge in [0.1, 0.15) is 0 Å². The number of hydrogen-bond acceptors (Lipinski definition) is 3. The number of nitrogens with zero attached hydrogens (tertiary/aromatic N) is 2. The van der Waals surface area contributed by atoms with Gasteiger partial charge in [0.2, 0.25) is 0 Å². The number of carbonyl (C=O) groups excluding carboxylic acids is 1. The second-order valence-electron chi connectivity index (χ2n) is 4.18. The summed E-state index contributed by atoms with van der Waals surface area (Å²) in [4.78, 5) is 32.0. The molecule has 0 saturated heterocycles. The fraction of sp³-hybridized carbons (Fsp3) is 0.154. The van der Waals surface area contributed by atoms with Crippen molar-refractivity contribution in [2.45, 2.75) is 13.1 Å².